The van der Waals surface area contributed by atoms with E-state index in [0.29, 0.717) is 105 Å². The second-order valence-electron chi connectivity index (χ2n) is 33.3. The first kappa shape index (κ1) is 92.2. The molecular weight excluding hydrogens is 1840 g/mol. The van der Waals surface area contributed by atoms with Crippen LogP contribution in [0.15, 0.2) is 376 Å². The number of fused-ring (bicyclic) bond motifs is 6. The third kappa shape index (κ3) is 17.5. The van der Waals surface area contributed by atoms with Gasteiger partial charge in [-0.25, -0.2) is 44.4 Å². The minimum atomic E-state index is -4.96. The molecule has 0 saturated carbocycles. The zero-order valence-corrected chi connectivity index (χ0v) is 74.6. The maximum Gasteiger partial charge on any atom is 0.417 e. The number of benzene rings is 17. The molecule has 0 aliphatic rings. The normalized spacial score (nSPS) is 11.6. The average Bonchev–Trinajstić information content (AvgIpc) is 1.54. The number of rotatable bonds is 15. The Morgan fingerprint density at radius 3 is 0.806 bits per heavy atom. The second-order valence-corrected chi connectivity index (χ2v) is 33.3. The summed E-state index contributed by atoms with van der Waals surface area (Å²) in [5, 5.41) is 31.7. The van der Waals surface area contributed by atoms with Gasteiger partial charge in [-0.3, -0.25) is 0 Å². The molecule has 688 valence electrons. The molecule has 21 aromatic rings. The molecule has 21 rings (SSSR count). The van der Waals surface area contributed by atoms with Crippen LogP contribution in [0, 0.1) is 53.7 Å². The van der Waals surface area contributed by atoms with Crippen molar-refractivity contribution < 1.29 is 52.7 Å². The Morgan fingerprint density at radius 2 is 0.500 bits per heavy atom. The minimum absolute atomic E-state index is 0.0145. The van der Waals surface area contributed by atoms with Crippen LogP contribution >= 0.6 is 0 Å². The van der Waals surface area contributed by atoms with Crippen LogP contribution in [0.1, 0.15) is 38.9 Å². The average molecular weight is 1900 g/mol. The lowest BCUT2D eigenvalue weighted by molar-refractivity contribution is -0.137. The van der Waals surface area contributed by atoms with E-state index in [0.717, 1.165) is 24.3 Å². The molecule has 4 heterocycles. The molecule has 144 heavy (non-hydrogen) atoms. The van der Waals surface area contributed by atoms with Crippen molar-refractivity contribution in [1.82, 2.24) is 39.0 Å². The van der Waals surface area contributed by atoms with Gasteiger partial charge in [-0.1, -0.05) is 255 Å². The van der Waals surface area contributed by atoms with Crippen LogP contribution in [-0.2, 0) is 24.7 Å². The standard InChI is InChI=1S/C63H32F6N8.C55H30F6N6/c1-72-44-24-26-45(43(30-44)36-71)40-22-27-56-49(31-40)50-32-41(46-25-21-37(35-70)29-55(46)73-2)23-28-57(50)77(56)58-51(47-17-9-11-19-53(47)62(64,65)66)33-42(34-52(58)48-18-10-12-20-54(48)63(67,68)69)61-75-59(38-13-5-3-6-14-38)74-60(76-61)39-15-7-4-8-16-39;1-63-47-28-33(32-62)24-26-38(47)36-25-27-49-42(29-36)41-20-10-13-23-48(41)67(49)50-43(39-18-8-11-21-45(39)54(56,57)58)30-37(31-44(50)40-19-9-12-22-46(40)55(59,60)61)53-65-51(34-14-4-2-5-15-34)64-52(66-53)35-16-6-3-7-17-35/h3-34H;2-31H. The predicted molar refractivity (Wildman–Crippen MR) is 532 cm³/mol. The van der Waals surface area contributed by atoms with Crippen LogP contribution in [0.2, 0.25) is 0 Å². The molecule has 0 unspecified atom stereocenters. The minimum Gasteiger partial charge on any atom is -0.308 e. The molecule has 0 spiro atoms. The van der Waals surface area contributed by atoms with Gasteiger partial charge in [-0.2, -0.15) is 68.5 Å². The van der Waals surface area contributed by atoms with E-state index in [2.05, 4.69) is 32.7 Å². The molecule has 0 fully saturated rings. The summed E-state index contributed by atoms with van der Waals surface area (Å²) in [6, 6.07) is 105. The third-order valence-electron chi connectivity index (χ3n) is 24.8. The summed E-state index contributed by atoms with van der Waals surface area (Å²) in [6.07, 6.45) is -19.7. The van der Waals surface area contributed by atoms with Crippen LogP contribution < -0.4 is 0 Å². The summed E-state index contributed by atoms with van der Waals surface area (Å²) in [6.45, 7) is 23.5. The molecule has 0 amide bonds. The van der Waals surface area contributed by atoms with Gasteiger partial charge in [0.05, 0.1) is 93.6 Å². The van der Waals surface area contributed by atoms with Gasteiger partial charge in [0, 0.05) is 93.9 Å². The Bertz CT molecular complexity index is 8640. The summed E-state index contributed by atoms with van der Waals surface area (Å²) >= 11 is 0. The molecule has 0 aliphatic heterocycles. The van der Waals surface area contributed by atoms with Gasteiger partial charge >= 0.3 is 24.7 Å². The zero-order chi connectivity index (χ0) is 100. The summed E-state index contributed by atoms with van der Waals surface area (Å²) in [4.78, 5) is 39.9. The van der Waals surface area contributed by atoms with Crippen LogP contribution in [-0.4, -0.2) is 39.0 Å². The van der Waals surface area contributed by atoms with Gasteiger partial charge in [0.2, 0.25) is 0 Å². The molecule has 0 atom stereocenters. The molecule has 17 aromatic carbocycles. The number of hydrogen-bond donors (Lipinski definition) is 0. The van der Waals surface area contributed by atoms with E-state index in [4.69, 9.17) is 49.6 Å². The van der Waals surface area contributed by atoms with E-state index in [1.165, 1.54) is 115 Å². The Kier molecular flexibility index (Phi) is 23.9. The van der Waals surface area contributed by atoms with Crippen LogP contribution in [0.25, 0.3) is 216 Å². The lowest BCUT2D eigenvalue weighted by Gasteiger charge is -2.24. The van der Waals surface area contributed by atoms with Gasteiger partial charge < -0.3 is 9.13 Å². The van der Waals surface area contributed by atoms with Crippen molar-refractivity contribution in [2.75, 3.05) is 0 Å². The SMILES string of the molecule is [C-]#[N+]c1cc(C#N)ccc1-c1ccc2c(c1)c1ccccc1n2-c1c(-c2ccccc2C(F)(F)F)cc(-c2nc(-c3ccccc3)nc(-c3ccccc3)n2)cc1-c1ccccc1C(F)(F)F.[C-]#[N+]c1ccc(-c2ccc3c(c2)c2cc(-c4ccc(C#N)cc4[N+]#[C-])ccc2n3-c2c(-c3ccccc3C(F)(F)F)cc(-c3nc(-c4ccccc4)nc(-c4ccccc4)n3)cc2-c2ccccc2C(F)(F)F)c(C#N)c1. The fourth-order valence-electron chi connectivity index (χ4n) is 18.4. The molecule has 0 aliphatic carbocycles. The first-order valence-electron chi connectivity index (χ1n) is 44.3. The van der Waals surface area contributed by atoms with E-state index in [9.17, 15) is 15.8 Å². The Hall–Kier alpha value is -19.5. The van der Waals surface area contributed by atoms with Crippen molar-refractivity contribution in [3.05, 3.63) is 449 Å². The number of halogens is 12. The zero-order valence-electron chi connectivity index (χ0n) is 74.6. The topological polar surface area (TPSA) is 172 Å². The molecule has 4 aromatic heterocycles. The van der Waals surface area contributed by atoms with Gasteiger partial charge in [0.15, 0.2) is 52.0 Å². The summed E-state index contributed by atoms with van der Waals surface area (Å²) in [5.74, 6) is 0.867. The van der Waals surface area contributed by atoms with Crippen molar-refractivity contribution in [2.45, 2.75) is 24.7 Å². The molecule has 0 saturated heterocycles. The quantitative estimate of drug-likeness (QED) is 0.0715. The fraction of sp³-hybridized carbons (Fsp3) is 0.0339. The van der Waals surface area contributed by atoms with E-state index < -0.39 is 47.0 Å². The van der Waals surface area contributed by atoms with Gasteiger partial charge in [-0.05, 0) is 177 Å². The molecular formula is C118H62F12N14. The van der Waals surface area contributed by atoms with Gasteiger partial charge in [-0.15, -0.1) is 0 Å². The second kappa shape index (κ2) is 37.4. The largest absolute Gasteiger partial charge is 0.417 e. The van der Waals surface area contributed by atoms with E-state index >= 15 is 52.7 Å². The van der Waals surface area contributed by atoms with Crippen molar-refractivity contribution in [3.8, 4) is 176 Å². The number of nitrogens with zero attached hydrogens (tertiary/aromatic N) is 14. The number of alkyl halides is 12. The Balaban J connectivity index is 0.000000177. The highest BCUT2D eigenvalue weighted by Gasteiger charge is 2.41. The number of hydrogen-bond acceptors (Lipinski definition) is 9. The van der Waals surface area contributed by atoms with E-state index in [1.54, 1.807) is 209 Å². The lowest BCUT2D eigenvalue weighted by Crippen LogP contribution is -2.11. The molecule has 26 heteroatoms. The molecule has 14 nitrogen and oxygen atoms in total. The Morgan fingerprint density at radius 1 is 0.222 bits per heavy atom. The highest BCUT2D eigenvalue weighted by molar-refractivity contribution is 6.15. The number of aromatic nitrogens is 8. The molecule has 0 radical (unpaired) electrons. The van der Waals surface area contributed by atoms with E-state index in [-0.39, 0.29) is 130 Å². The Labute approximate surface area is 813 Å². The highest BCUT2D eigenvalue weighted by Crippen LogP contribution is 2.54. The first-order chi connectivity index (χ1) is 69.7. The van der Waals surface area contributed by atoms with Crippen molar-refractivity contribution in [2.24, 2.45) is 0 Å². The van der Waals surface area contributed by atoms with Crippen molar-refractivity contribution in [1.29, 1.82) is 15.8 Å². The van der Waals surface area contributed by atoms with Crippen molar-refractivity contribution >= 4 is 60.7 Å². The maximum absolute atomic E-state index is 15.6. The van der Waals surface area contributed by atoms with Crippen LogP contribution in [0.4, 0.5) is 69.7 Å². The van der Waals surface area contributed by atoms with E-state index in [1.807, 2.05) is 36.4 Å². The lowest BCUT2D eigenvalue weighted by atomic mass is 9.88. The number of para-hydroxylation sites is 1. The monoisotopic (exact) mass is 1900 g/mol. The third-order valence-corrected chi connectivity index (χ3v) is 24.8. The van der Waals surface area contributed by atoms with Gasteiger partial charge in [0.1, 0.15) is 0 Å². The van der Waals surface area contributed by atoms with Gasteiger partial charge in [0.25, 0.3) is 0 Å². The first-order valence-corrected chi connectivity index (χ1v) is 44.3. The summed E-state index contributed by atoms with van der Waals surface area (Å²) in [5.41, 5.74) is 2.96. The number of nitriles is 3. The maximum atomic E-state index is 15.6. The van der Waals surface area contributed by atoms with Crippen LogP contribution in [0.3, 0.4) is 0 Å². The summed E-state index contributed by atoms with van der Waals surface area (Å²) in [7, 11) is 0. The molecule has 0 bridgehead atoms. The highest BCUT2D eigenvalue weighted by atomic mass is 19.4. The fourth-order valence-corrected chi connectivity index (χ4v) is 18.4. The summed E-state index contributed by atoms with van der Waals surface area (Å²) < 4.78 is 189. The van der Waals surface area contributed by atoms with Crippen molar-refractivity contribution in [3.63, 3.8) is 0 Å². The molecule has 0 N–H and O–H groups in total. The predicted octanol–water partition coefficient (Wildman–Crippen LogP) is 33.0. The van der Waals surface area contributed by atoms with Crippen LogP contribution in [0.5, 0.6) is 0 Å². The smallest absolute Gasteiger partial charge is 0.308 e.